The van der Waals surface area contributed by atoms with Gasteiger partial charge in [0.2, 0.25) is 0 Å². The van der Waals surface area contributed by atoms with E-state index in [9.17, 15) is 4.79 Å². The van der Waals surface area contributed by atoms with Crippen molar-refractivity contribution in [2.45, 2.75) is 32.6 Å². The van der Waals surface area contributed by atoms with Crippen molar-refractivity contribution in [3.8, 4) is 6.07 Å². The van der Waals surface area contributed by atoms with Crippen LogP contribution >= 0.6 is 0 Å². The van der Waals surface area contributed by atoms with Gasteiger partial charge in [0, 0.05) is 6.42 Å². The summed E-state index contributed by atoms with van der Waals surface area (Å²) in [6, 6.07) is 2.11. The van der Waals surface area contributed by atoms with Crippen molar-refractivity contribution in [3.63, 3.8) is 0 Å². The molecule has 0 saturated heterocycles. The largest absolute Gasteiger partial charge is 0.466 e. The molecule has 3 heteroatoms. The topological polar surface area (TPSA) is 50.1 Å². The number of ether oxygens (including phenoxy) is 1. The summed E-state index contributed by atoms with van der Waals surface area (Å²) in [5.74, 6) is -0.162. The Morgan fingerprint density at radius 2 is 2.33 bits per heavy atom. The first-order valence-electron chi connectivity index (χ1n) is 4.25. The number of nitrogens with zero attached hydrogens (tertiary/aromatic N) is 1. The van der Waals surface area contributed by atoms with Crippen LogP contribution in [0.3, 0.4) is 0 Å². The minimum absolute atomic E-state index is 0.0129. The second-order valence-corrected chi connectivity index (χ2v) is 3.32. The summed E-state index contributed by atoms with van der Waals surface area (Å²) in [6.45, 7) is 2.23. The maximum Gasteiger partial charge on any atom is 0.306 e. The van der Waals surface area contributed by atoms with Crippen molar-refractivity contribution < 1.29 is 9.53 Å². The monoisotopic (exact) mass is 167 g/mol. The maximum absolute atomic E-state index is 11.0. The summed E-state index contributed by atoms with van der Waals surface area (Å²) in [5.41, 5.74) is -0.0129. The summed E-state index contributed by atoms with van der Waals surface area (Å²) < 4.78 is 4.82. The molecule has 1 fully saturated rings. The Morgan fingerprint density at radius 3 is 2.75 bits per heavy atom. The van der Waals surface area contributed by atoms with E-state index < -0.39 is 0 Å². The van der Waals surface area contributed by atoms with Gasteiger partial charge < -0.3 is 4.74 Å². The van der Waals surface area contributed by atoms with E-state index in [1.54, 1.807) is 6.92 Å². The third kappa shape index (κ3) is 2.23. The fraction of sp³-hybridized carbons (Fsp3) is 0.778. The molecule has 0 bridgehead atoms. The highest BCUT2D eigenvalue weighted by Crippen LogP contribution is 2.51. The number of carbonyl (C=O) groups excluding carboxylic acids is 1. The molecule has 0 N–H and O–H groups in total. The fourth-order valence-electron chi connectivity index (χ4n) is 1.28. The summed E-state index contributed by atoms with van der Waals surface area (Å²) in [7, 11) is 0. The second-order valence-electron chi connectivity index (χ2n) is 3.32. The van der Waals surface area contributed by atoms with Gasteiger partial charge in [-0.3, -0.25) is 4.79 Å². The van der Waals surface area contributed by atoms with E-state index in [1.807, 2.05) is 0 Å². The summed E-state index contributed by atoms with van der Waals surface area (Å²) in [4.78, 5) is 11.0. The zero-order valence-electron chi connectivity index (χ0n) is 7.30. The van der Waals surface area contributed by atoms with Crippen molar-refractivity contribution in [2.75, 3.05) is 6.61 Å². The Labute approximate surface area is 72.3 Å². The molecule has 0 aromatic carbocycles. The molecule has 0 spiro atoms. The lowest BCUT2D eigenvalue weighted by molar-refractivity contribution is -0.144. The van der Waals surface area contributed by atoms with Crippen molar-refractivity contribution in [1.82, 2.24) is 0 Å². The highest BCUT2D eigenvalue weighted by Gasteiger charge is 2.44. The highest BCUT2D eigenvalue weighted by molar-refractivity contribution is 5.70. The summed E-state index contributed by atoms with van der Waals surface area (Å²) in [5, 5.41) is 8.48. The van der Waals surface area contributed by atoms with Crippen LogP contribution in [0.5, 0.6) is 0 Å². The van der Waals surface area contributed by atoms with E-state index in [2.05, 4.69) is 6.07 Å². The zero-order valence-corrected chi connectivity index (χ0v) is 7.30. The lowest BCUT2D eigenvalue weighted by Gasteiger charge is -2.08. The normalized spacial score (nSPS) is 18.0. The van der Waals surface area contributed by atoms with Crippen LogP contribution in [0.4, 0.5) is 0 Å². The van der Waals surface area contributed by atoms with E-state index >= 15 is 0 Å². The smallest absolute Gasteiger partial charge is 0.306 e. The quantitative estimate of drug-likeness (QED) is 0.598. The average Bonchev–Trinajstić information content (AvgIpc) is 2.70. The van der Waals surface area contributed by atoms with Crippen LogP contribution in [0.25, 0.3) is 0 Å². The van der Waals surface area contributed by atoms with Gasteiger partial charge >= 0.3 is 5.97 Å². The minimum atomic E-state index is -0.162. The second kappa shape index (κ2) is 3.57. The van der Waals surface area contributed by atoms with Gasteiger partial charge in [0.05, 0.1) is 19.1 Å². The SMILES string of the molecule is CCOC(=O)CC1(CC#N)CC1. The molecule has 0 aromatic rings. The lowest BCUT2D eigenvalue weighted by Crippen LogP contribution is -2.11. The first-order valence-corrected chi connectivity index (χ1v) is 4.25. The van der Waals surface area contributed by atoms with Crippen LogP contribution in [-0.2, 0) is 9.53 Å². The van der Waals surface area contributed by atoms with Crippen LogP contribution in [0.1, 0.15) is 32.6 Å². The molecule has 0 heterocycles. The Hall–Kier alpha value is -1.04. The van der Waals surface area contributed by atoms with Gasteiger partial charge in [0.1, 0.15) is 0 Å². The number of hydrogen-bond donors (Lipinski definition) is 0. The Bertz CT molecular complexity index is 213. The van der Waals surface area contributed by atoms with Gasteiger partial charge in [-0.25, -0.2) is 0 Å². The van der Waals surface area contributed by atoms with Gasteiger partial charge in [-0.2, -0.15) is 5.26 Å². The number of esters is 1. The Balaban J connectivity index is 2.31. The molecule has 0 atom stereocenters. The number of hydrogen-bond acceptors (Lipinski definition) is 3. The first kappa shape index (κ1) is 9.05. The van der Waals surface area contributed by atoms with Crippen LogP contribution in [0.2, 0.25) is 0 Å². The molecule has 1 aliphatic carbocycles. The van der Waals surface area contributed by atoms with Gasteiger partial charge in [-0.1, -0.05) is 0 Å². The molecule has 0 radical (unpaired) electrons. The fourth-order valence-corrected chi connectivity index (χ4v) is 1.28. The van der Waals surface area contributed by atoms with E-state index in [4.69, 9.17) is 10.00 Å². The molecular weight excluding hydrogens is 154 g/mol. The minimum Gasteiger partial charge on any atom is -0.466 e. The van der Waals surface area contributed by atoms with Crippen molar-refractivity contribution >= 4 is 5.97 Å². The molecule has 0 aromatic heterocycles. The van der Waals surface area contributed by atoms with Crippen LogP contribution in [0.15, 0.2) is 0 Å². The van der Waals surface area contributed by atoms with Crippen molar-refractivity contribution in [3.05, 3.63) is 0 Å². The lowest BCUT2D eigenvalue weighted by atomic mass is 9.99. The molecule has 66 valence electrons. The molecule has 0 aliphatic heterocycles. The van der Waals surface area contributed by atoms with Gasteiger partial charge in [-0.15, -0.1) is 0 Å². The van der Waals surface area contributed by atoms with E-state index in [-0.39, 0.29) is 11.4 Å². The summed E-state index contributed by atoms with van der Waals surface area (Å²) in [6.07, 6.45) is 2.92. The molecule has 0 amide bonds. The molecular formula is C9H13NO2. The Kier molecular flexibility index (Phi) is 2.69. The predicted octanol–water partition coefficient (Wildman–Crippen LogP) is 1.63. The number of rotatable bonds is 4. The first-order chi connectivity index (χ1) is 5.72. The molecule has 1 aliphatic rings. The molecule has 12 heavy (non-hydrogen) atoms. The number of nitriles is 1. The molecule has 0 unspecified atom stereocenters. The van der Waals surface area contributed by atoms with Crippen LogP contribution in [0, 0.1) is 16.7 Å². The highest BCUT2D eigenvalue weighted by atomic mass is 16.5. The van der Waals surface area contributed by atoms with E-state index in [0.29, 0.717) is 19.4 Å². The third-order valence-electron chi connectivity index (χ3n) is 2.24. The third-order valence-corrected chi connectivity index (χ3v) is 2.24. The van der Waals surface area contributed by atoms with Crippen LogP contribution in [-0.4, -0.2) is 12.6 Å². The van der Waals surface area contributed by atoms with Crippen LogP contribution < -0.4 is 0 Å². The van der Waals surface area contributed by atoms with Crippen molar-refractivity contribution in [1.29, 1.82) is 5.26 Å². The van der Waals surface area contributed by atoms with Gasteiger partial charge in [-0.05, 0) is 25.2 Å². The van der Waals surface area contributed by atoms with Gasteiger partial charge in [0.15, 0.2) is 0 Å². The zero-order chi connectivity index (χ0) is 9.03. The van der Waals surface area contributed by atoms with E-state index in [0.717, 1.165) is 12.8 Å². The average molecular weight is 167 g/mol. The summed E-state index contributed by atoms with van der Waals surface area (Å²) >= 11 is 0. The molecule has 1 saturated carbocycles. The predicted molar refractivity (Wildman–Crippen MR) is 43.1 cm³/mol. The molecule has 1 rings (SSSR count). The van der Waals surface area contributed by atoms with Gasteiger partial charge in [0.25, 0.3) is 0 Å². The van der Waals surface area contributed by atoms with Crippen molar-refractivity contribution in [2.24, 2.45) is 5.41 Å². The standard InChI is InChI=1S/C9H13NO2/c1-2-12-8(11)7-9(3-4-9)5-6-10/h2-5,7H2,1H3. The number of carbonyl (C=O) groups is 1. The maximum atomic E-state index is 11.0. The van der Waals surface area contributed by atoms with E-state index in [1.165, 1.54) is 0 Å². The Morgan fingerprint density at radius 1 is 1.67 bits per heavy atom. The molecule has 3 nitrogen and oxygen atoms in total.